The third kappa shape index (κ3) is 4.05. The number of aryl methyl sites for hydroxylation is 2. The van der Waals surface area contributed by atoms with Crippen LogP contribution in [0.25, 0.3) is 17.0 Å². The fourth-order valence-electron chi connectivity index (χ4n) is 3.66. The van der Waals surface area contributed by atoms with E-state index in [1.807, 2.05) is 63.4 Å². The molecule has 0 spiro atoms. The van der Waals surface area contributed by atoms with E-state index in [1.54, 1.807) is 29.1 Å². The molecule has 0 bridgehead atoms. The van der Waals surface area contributed by atoms with Crippen LogP contribution in [0.5, 0.6) is 0 Å². The maximum Gasteiger partial charge on any atom is 0.331 e. The van der Waals surface area contributed by atoms with E-state index in [2.05, 4.69) is 10.1 Å². The number of carbonyl (C=O) groups excluding carboxylic acids is 2. The summed E-state index contributed by atoms with van der Waals surface area (Å²) in [6.45, 7) is 3.81. The molecule has 31 heavy (non-hydrogen) atoms. The Hall–Kier alpha value is -3.93. The van der Waals surface area contributed by atoms with Gasteiger partial charge in [0.1, 0.15) is 0 Å². The largest absolute Gasteiger partial charge is 0.446 e. The molecule has 0 fully saturated rings. The van der Waals surface area contributed by atoms with Gasteiger partial charge in [0.25, 0.3) is 0 Å². The van der Waals surface area contributed by atoms with Crippen LogP contribution in [0.1, 0.15) is 39.0 Å². The highest BCUT2D eigenvalue weighted by Gasteiger charge is 2.27. The highest BCUT2D eigenvalue weighted by atomic mass is 16.5. The fourth-order valence-corrected chi connectivity index (χ4v) is 3.66. The highest BCUT2D eigenvalue weighted by molar-refractivity contribution is 6.10. The van der Waals surface area contributed by atoms with Crippen molar-refractivity contribution < 1.29 is 14.3 Å². The van der Waals surface area contributed by atoms with Crippen LogP contribution >= 0.6 is 0 Å². The number of ketones is 1. The number of hydrogen-bond donors (Lipinski definition) is 1. The summed E-state index contributed by atoms with van der Waals surface area (Å²) in [5.74, 6) is -0.871. The van der Waals surface area contributed by atoms with Gasteiger partial charge in [0.15, 0.2) is 6.10 Å². The molecule has 0 amide bonds. The SMILES string of the molecule is Cc1nn(C)c(C)c1/C=C/C(=O)O[C@@H](C(=O)c1c[nH]c2ccccc12)c1ccccc1. The standard InChI is InChI=1S/C25H23N3O3/c1-16-19(17(2)28(3)27-16)13-14-23(29)31-25(18-9-5-4-6-10-18)24(30)21-15-26-22-12-8-7-11-20(21)22/h4-15,25-26H,1-3H3/b14-13+/t25-/m1/s1. The van der Waals surface area contributed by atoms with E-state index < -0.39 is 12.1 Å². The number of para-hydroxylation sites is 1. The van der Waals surface area contributed by atoms with Gasteiger partial charge in [0.2, 0.25) is 5.78 Å². The lowest BCUT2D eigenvalue weighted by molar-refractivity contribution is -0.141. The fraction of sp³-hybridized carbons (Fsp3) is 0.160. The van der Waals surface area contributed by atoms with Crippen LogP contribution in [-0.2, 0) is 16.6 Å². The summed E-state index contributed by atoms with van der Waals surface area (Å²) in [6.07, 6.45) is 3.64. The van der Waals surface area contributed by atoms with Crippen LogP contribution in [-0.4, -0.2) is 26.5 Å². The molecule has 156 valence electrons. The number of esters is 1. The third-order valence-electron chi connectivity index (χ3n) is 5.38. The molecule has 1 atom stereocenters. The second kappa shape index (κ2) is 8.44. The van der Waals surface area contributed by atoms with Crippen molar-refractivity contribution in [2.45, 2.75) is 20.0 Å². The molecule has 0 saturated heterocycles. The first-order chi connectivity index (χ1) is 15.0. The summed E-state index contributed by atoms with van der Waals surface area (Å²) in [5, 5.41) is 5.14. The number of nitrogens with zero attached hydrogens (tertiary/aromatic N) is 2. The van der Waals surface area contributed by atoms with Gasteiger partial charge in [-0.05, 0) is 26.0 Å². The number of Topliss-reactive ketones (excluding diaryl/α,β-unsaturated/α-hetero) is 1. The van der Waals surface area contributed by atoms with Crippen LogP contribution in [0.4, 0.5) is 0 Å². The maximum atomic E-state index is 13.4. The lowest BCUT2D eigenvalue weighted by Gasteiger charge is -2.16. The molecule has 0 aliphatic rings. The Morgan fingerprint density at radius 2 is 1.77 bits per heavy atom. The van der Waals surface area contributed by atoms with Crippen LogP contribution in [0, 0.1) is 13.8 Å². The Balaban J connectivity index is 1.64. The van der Waals surface area contributed by atoms with Gasteiger partial charge in [0.05, 0.1) is 5.69 Å². The molecule has 2 aromatic heterocycles. The highest BCUT2D eigenvalue weighted by Crippen LogP contribution is 2.27. The molecule has 0 radical (unpaired) electrons. The summed E-state index contributed by atoms with van der Waals surface area (Å²) in [4.78, 5) is 29.2. The van der Waals surface area contributed by atoms with Gasteiger partial charge in [-0.25, -0.2) is 4.79 Å². The summed E-state index contributed by atoms with van der Waals surface area (Å²) < 4.78 is 7.42. The smallest absolute Gasteiger partial charge is 0.331 e. The van der Waals surface area contributed by atoms with Crippen molar-refractivity contribution in [1.82, 2.24) is 14.8 Å². The van der Waals surface area contributed by atoms with Crippen molar-refractivity contribution in [2.24, 2.45) is 7.05 Å². The Labute approximate surface area is 180 Å². The van der Waals surface area contributed by atoms with Crippen molar-refractivity contribution >= 4 is 28.7 Å². The van der Waals surface area contributed by atoms with E-state index >= 15 is 0 Å². The van der Waals surface area contributed by atoms with Gasteiger partial charge >= 0.3 is 5.97 Å². The van der Waals surface area contributed by atoms with Crippen LogP contribution < -0.4 is 0 Å². The average molecular weight is 413 g/mol. The number of fused-ring (bicyclic) bond motifs is 1. The molecule has 0 unspecified atom stereocenters. The quantitative estimate of drug-likeness (QED) is 0.282. The molecule has 0 saturated carbocycles. The zero-order chi connectivity index (χ0) is 22.0. The lowest BCUT2D eigenvalue weighted by atomic mass is 9.99. The molecule has 6 heteroatoms. The minimum Gasteiger partial charge on any atom is -0.446 e. The maximum absolute atomic E-state index is 13.4. The van der Waals surface area contributed by atoms with E-state index in [0.29, 0.717) is 11.1 Å². The zero-order valence-electron chi connectivity index (χ0n) is 17.6. The van der Waals surface area contributed by atoms with Gasteiger partial charge in [-0.3, -0.25) is 9.48 Å². The number of hydrogen-bond acceptors (Lipinski definition) is 4. The normalized spacial score (nSPS) is 12.4. The average Bonchev–Trinajstić information content (AvgIpc) is 3.31. The van der Waals surface area contributed by atoms with Gasteiger partial charge in [-0.15, -0.1) is 0 Å². The summed E-state index contributed by atoms with van der Waals surface area (Å²) in [7, 11) is 1.85. The Morgan fingerprint density at radius 3 is 2.48 bits per heavy atom. The van der Waals surface area contributed by atoms with Crippen LogP contribution in [0.3, 0.4) is 0 Å². The minimum atomic E-state index is -1.05. The van der Waals surface area contributed by atoms with Crippen LogP contribution in [0.15, 0.2) is 66.9 Å². The molecule has 4 rings (SSSR count). The van der Waals surface area contributed by atoms with E-state index in [4.69, 9.17) is 4.74 Å². The summed E-state index contributed by atoms with van der Waals surface area (Å²) in [6, 6.07) is 16.6. The van der Waals surface area contributed by atoms with Gasteiger partial charge in [-0.1, -0.05) is 48.5 Å². The first-order valence-electron chi connectivity index (χ1n) is 10.00. The molecular formula is C25H23N3O3. The minimum absolute atomic E-state index is 0.279. The predicted octanol–water partition coefficient (Wildman–Crippen LogP) is 4.70. The van der Waals surface area contributed by atoms with Gasteiger partial charge < -0.3 is 9.72 Å². The monoisotopic (exact) mass is 413 g/mol. The number of aromatic nitrogens is 3. The molecule has 2 heterocycles. The first-order valence-corrected chi connectivity index (χ1v) is 10.00. The number of benzene rings is 2. The summed E-state index contributed by atoms with van der Waals surface area (Å²) in [5.41, 5.74) is 4.58. The van der Waals surface area contributed by atoms with E-state index in [-0.39, 0.29) is 5.78 Å². The first kappa shape index (κ1) is 20.3. The Kier molecular flexibility index (Phi) is 5.54. The molecule has 1 N–H and O–H groups in total. The van der Waals surface area contributed by atoms with Crippen molar-refractivity contribution in [3.63, 3.8) is 0 Å². The summed E-state index contributed by atoms with van der Waals surface area (Å²) >= 11 is 0. The second-order valence-electron chi connectivity index (χ2n) is 7.38. The second-order valence-corrected chi connectivity index (χ2v) is 7.38. The number of rotatable bonds is 6. The number of aromatic amines is 1. The van der Waals surface area contributed by atoms with Crippen molar-refractivity contribution in [1.29, 1.82) is 0 Å². The van der Waals surface area contributed by atoms with E-state index in [9.17, 15) is 9.59 Å². The molecule has 4 aromatic rings. The van der Waals surface area contributed by atoms with E-state index in [1.165, 1.54) is 6.08 Å². The number of carbonyl (C=O) groups is 2. The Bertz CT molecular complexity index is 1280. The van der Waals surface area contributed by atoms with Crippen LogP contribution in [0.2, 0.25) is 0 Å². The zero-order valence-corrected chi connectivity index (χ0v) is 17.6. The Morgan fingerprint density at radius 1 is 1.06 bits per heavy atom. The molecule has 6 nitrogen and oxygen atoms in total. The molecule has 0 aliphatic heterocycles. The van der Waals surface area contributed by atoms with E-state index in [0.717, 1.165) is 27.9 Å². The van der Waals surface area contributed by atoms with Gasteiger partial charge in [0, 0.05) is 52.6 Å². The molecule has 0 aliphatic carbocycles. The number of nitrogens with one attached hydrogen (secondary N) is 1. The van der Waals surface area contributed by atoms with Crippen molar-refractivity contribution in [3.05, 3.63) is 94.9 Å². The topological polar surface area (TPSA) is 77.0 Å². The predicted molar refractivity (Wildman–Crippen MR) is 120 cm³/mol. The molecular weight excluding hydrogens is 390 g/mol. The number of H-pyrrole nitrogens is 1. The molecule has 2 aromatic carbocycles. The lowest BCUT2D eigenvalue weighted by Crippen LogP contribution is -2.19. The number of ether oxygens (including phenoxy) is 1. The van der Waals surface area contributed by atoms with Gasteiger partial charge in [-0.2, -0.15) is 5.10 Å². The third-order valence-corrected chi connectivity index (χ3v) is 5.38. The van der Waals surface area contributed by atoms with Crippen molar-refractivity contribution in [2.75, 3.05) is 0 Å². The van der Waals surface area contributed by atoms with Crippen molar-refractivity contribution in [3.8, 4) is 0 Å².